The van der Waals surface area contributed by atoms with E-state index in [1.807, 2.05) is 11.8 Å². The lowest BCUT2D eigenvalue weighted by molar-refractivity contribution is 0.224. The summed E-state index contributed by atoms with van der Waals surface area (Å²) in [6, 6.07) is 11.1. The average molecular weight is 289 g/mol. The van der Waals surface area contributed by atoms with Crippen molar-refractivity contribution in [2.75, 3.05) is 32.4 Å². The number of thioether (sulfide) groups is 1. The Bertz CT molecular complexity index is 452. The SMILES string of the molecule is CN1CCC(CN=C2NC(c3ccccc3)CS2)CC1. The van der Waals surface area contributed by atoms with Crippen LogP contribution in [0.15, 0.2) is 35.3 Å². The Kier molecular flexibility index (Phi) is 4.63. The number of amidine groups is 1. The van der Waals surface area contributed by atoms with Crippen LogP contribution in [0.2, 0.25) is 0 Å². The second-order valence-corrected chi connectivity index (χ2v) is 6.82. The molecule has 0 saturated carbocycles. The molecule has 2 fully saturated rings. The molecule has 1 aromatic rings. The quantitative estimate of drug-likeness (QED) is 0.927. The molecule has 0 spiro atoms. The number of aliphatic imine (C=N–C) groups is 1. The molecule has 2 aliphatic heterocycles. The highest BCUT2D eigenvalue weighted by Crippen LogP contribution is 2.26. The minimum absolute atomic E-state index is 0.428. The number of likely N-dealkylation sites (tertiary alicyclic amines) is 1. The van der Waals surface area contributed by atoms with Gasteiger partial charge in [0.15, 0.2) is 5.17 Å². The summed E-state index contributed by atoms with van der Waals surface area (Å²) in [7, 11) is 2.21. The fraction of sp³-hybridized carbons (Fsp3) is 0.562. The summed E-state index contributed by atoms with van der Waals surface area (Å²) in [4.78, 5) is 7.21. The van der Waals surface area contributed by atoms with Crippen LogP contribution in [0.3, 0.4) is 0 Å². The maximum Gasteiger partial charge on any atom is 0.157 e. The second kappa shape index (κ2) is 6.64. The van der Waals surface area contributed by atoms with E-state index < -0.39 is 0 Å². The van der Waals surface area contributed by atoms with Gasteiger partial charge in [-0.25, -0.2) is 0 Å². The molecule has 0 amide bonds. The van der Waals surface area contributed by atoms with Gasteiger partial charge in [-0.3, -0.25) is 4.99 Å². The third-order valence-electron chi connectivity index (χ3n) is 4.22. The molecule has 1 N–H and O–H groups in total. The van der Waals surface area contributed by atoms with Gasteiger partial charge in [-0.15, -0.1) is 0 Å². The number of hydrogen-bond donors (Lipinski definition) is 1. The molecule has 3 rings (SSSR count). The van der Waals surface area contributed by atoms with Crippen LogP contribution in [0, 0.1) is 5.92 Å². The fourth-order valence-electron chi connectivity index (χ4n) is 2.81. The van der Waals surface area contributed by atoms with Gasteiger partial charge in [-0.05, 0) is 44.5 Å². The monoisotopic (exact) mass is 289 g/mol. The maximum atomic E-state index is 4.80. The van der Waals surface area contributed by atoms with Gasteiger partial charge in [-0.1, -0.05) is 42.1 Å². The van der Waals surface area contributed by atoms with Crippen molar-refractivity contribution in [1.82, 2.24) is 10.2 Å². The predicted octanol–water partition coefficient (Wildman–Crippen LogP) is 2.76. The number of nitrogens with zero attached hydrogens (tertiary/aromatic N) is 2. The zero-order chi connectivity index (χ0) is 13.8. The predicted molar refractivity (Wildman–Crippen MR) is 87.3 cm³/mol. The third-order valence-corrected chi connectivity index (χ3v) is 5.24. The molecule has 0 radical (unpaired) electrons. The Morgan fingerprint density at radius 3 is 2.75 bits per heavy atom. The molecule has 4 heteroatoms. The fourth-order valence-corrected chi connectivity index (χ4v) is 3.80. The molecule has 1 unspecified atom stereocenters. The minimum Gasteiger partial charge on any atom is -0.357 e. The number of rotatable bonds is 3. The number of nitrogens with one attached hydrogen (secondary N) is 1. The summed E-state index contributed by atoms with van der Waals surface area (Å²) in [5.74, 6) is 1.87. The molecule has 1 aromatic carbocycles. The van der Waals surface area contributed by atoms with Crippen LogP contribution in [-0.4, -0.2) is 42.5 Å². The third kappa shape index (κ3) is 3.55. The first kappa shape index (κ1) is 14.0. The molecular formula is C16H23N3S. The van der Waals surface area contributed by atoms with E-state index in [1.54, 1.807) is 0 Å². The highest BCUT2D eigenvalue weighted by atomic mass is 32.2. The zero-order valence-corrected chi connectivity index (χ0v) is 12.9. The Balaban J connectivity index is 1.51. The van der Waals surface area contributed by atoms with E-state index >= 15 is 0 Å². The molecule has 108 valence electrons. The van der Waals surface area contributed by atoms with Gasteiger partial charge >= 0.3 is 0 Å². The summed E-state index contributed by atoms with van der Waals surface area (Å²) >= 11 is 1.86. The standard InChI is InChI=1S/C16H23N3S/c1-19-9-7-13(8-10-19)11-17-16-18-15(12-20-16)14-5-3-2-4-6-14/h2-6,13,15H,7-12H2,1H3,(H,17,18). The molecule has 2 heterocycles. The summed E-state index contributed by atoms with van der Waals surface area (Å²) in [5.41, 5.74) is 1.37. The van der Waals surface area contributed by atoms with Crippen molar-refractivity contribution < 1.29 is 0 Å². The van der Waals surface area contributed by atoms with Crippen molar-refractivity contribution in [3.8, 4) is 0 Å². The van der Waals surface area contributed by atoms with E-state index in [0.29, 0.717) is 6.04 Å². The van der Waals surface area contributed by atoms with Gasteiger partial charge in [0.1, 0.15) is 0 Å². The Hall–Kier alpha value is -1.00. The molecule has 0 aromatic heterocycles. The summed E-state index contributed by atoms with van der Waals surface area (Å²) < 4.78 is 0. The number of hydrogen-bond acceptors (Lipinski definition) is 3. The summed E-state index contributed by atoms with van der Waals surface area (Å²) in [6.45, 7) is 3.44. The highest BCUT2D eigenvalue weighted by Gasteiger charge is 2.22. The van der Waals surface area contributed by atoms with Gasteiger partial charge in [0.25, 0.3) is 0 Å². The first-order valence-electron chi connectivity index (χ1n) is 7.48. The molecule has 1 atom stereocenters. The Morgan fingerprint density at radius 2 is 2.00 bits per heavy atom. The van der Waals surface area contributed by atoms with E-state index in [1.165, 1.54) is 31.5 Å². The Morgan fingerprint density at radius 1 is 1.25 bits per heavy atom. The average Bonchev–Trinajstić information content (AvgIpc) is 2.97. The largest absolute Gasteiger partial charge is 0.357 e. The van der Waals surface area contributed by atoms with E-state index in [-0.39, 0.29) is 0 Å². The lowest BCUT2D eigenvalue weighted by Crippen LogP contribution is -2.31. The van der Waals surface area contributed by atoms with Crippen LogP contribution in [0.25, 0.3) is 0 Å². The smallest absolute Gasteiger partial charge is 0.157 e. The van der Waals surface area contributed by atoms with Crippen LogP contribution in [0.5, 0.6) is 0 Å². The van der Waals surface area contributed by atoms with E-state index in [0.717, 1.165) is 23.4 Å². The van der Waals surface area contributed by atoms with Crippen LogP contribution in [0.4, 0.5) is 0 Å². The molecule has 3 nitrogen and oxygen atoms in total. The van der Waals surface area contributed by atoms with Crippen LogP contribution in [-0.2, 0) is 0 Å². The van der Waals surface area contributed by atoms with Crippen LogP contribution < -0.4 is 5.32 Å². The van der Waals surface area contributed by atoms with Crippen molar-refractivity contribution in [2.45, 2.75) is 18.9 Å². The molecule has 0 bridgehead atoms. The lowest BCUT2D eigenvalue weighted by Gasteiger charge is -2.27. The van der Waals surface area contributed by atoms with E-state index in [4.69, 9.17) is 4.99 Å². The van der Waals surface area contributed by atoms with E-state index in [9.17, 15) is 0 Å². The lowest BCUT2D eigenvalue weighted by atomic mass is 9.97. The van der Waals surface area contributed by atoms with Crippen LogP contribution in [0.1, 0.15) is 24.4 Å². The number of benzene rings is 1. The van der Waals surface area contributed by atoms with Crippen molar-refractivity contribution in [2.24, 2.45) is 10.9 Å². The van der Waals surface area contributed by atoms with Crippen LogP contribution >= 0.6 is 11.8 Å². The molecule has 20 heavy (non-hydrogen) atoms. The zero-order valence-electron chi connectivity index (χ0n) is 12.1. The van der Waals surface area contributed by atoms with Gasteiger partial charge in [-0.2, -0.15) is 0 Å². The van der Waals surface area contributed by atoms with Gasteiger partial charge in [0.2, 0.25) is 0 Å². The molecule has 2 saturated heterocycles. The van der Waals surface area contributed by atoms with Crippen molar-refractivity contribution in [3.63, 3.8) is 0 Å². The topological polar surface area (TPSA) is 27.6 Å². The maximum absolute atomic E-state index is 4.80. The first-order valence-corrected chi connectivity index (χ1v) is 8.47. The number of piperidine rings is 1. The molecule has 0 aliphatic carbocycles. The van der Waals surface area contributed by atoms with Gasteiger partial charge < -0.3 is 10.2 Å². The Labute approximate surface area is 125 Å². The summed E-state index contributed by atoms with van der Waals surface area (Å²) in [6.07, 6.45) is 2.58. The molecular weight excluding hydrogens is 266 g/mol. The normalized spacial score (nSPS) is 26.9. The molecule has 2 aliphatic rings. The van der Waals surface area contributed by atoms with E-state index in [2.05, 4.69) is 47.6 Å². The van der Waals surface area contributed by atoms with Crippen molar-refractivity contribution >= 4 is 16.9 Å². The van der Waals surface area contributed by atoms with Crippen molar-refractivity contribution in [1.29, 1.82) is 0 Å². The van der Waals surface area contributed by atoms with Gasteiger partial charge in [0.05, 0.1) is 6.04 Å². The second-order valence-electron chi connectivity index (χ2n) is 5.81. The van der Waals surface area contributed by atoms with Crippen molar-refractivity contribution in [3.05, 3.63) is 35.9 Å². The van der Waals surface area contributed by atoms with Gasteiger partial charge in [0, 0.05) is 12.3 Å². The first-order chi connectivity index (χ1) is 9.81. The summed E-state index contributed by atoms with van der Waals surface area (Å²) in [5, 5.41) is 4.69. The minimum atomic E-state index is 0.428. The highest BCUT2D eigenvalue weighted by molar-refractivity contribution is 8.14.